The van der Waals surface area contributed by atoms with Crippen molar-refractivity contribution in [2.24, 2.45) is 0 Å². The second-order valence-corrected chi connectivity index (χ2v) is 6.71. The molecule has 8 heteroatoms. The standard InChI is InChI=1S/C22H20N6O2/c1-2-8-25-21(29)14-3-5-17(6-4-14)27-20-19-15(7-9-26-22(19)30)10-18(28-20)16-11-23-13-24-12-16/h3-7,9-13H,2,8H2,1H3,(H,25,29)(H,26,30)(H,27,28). The van der Waals surface area contributed by atoms with Gasteiger partial charge in [0.15, 0.2) is 0 Å². The van der Waals surface area contributed by atoms with Crippen LogP contribution < -0.4 is 16.2 Å². The van der Waals surface area contributed by atoms with Crippen molar-refractivity contribution in [2.75, 3.05) is 11.9 Å². The Labute approximate surface area is 172 Å². The molecular formula is C22H20N6O2. The molecule has 0 radical (unpaired) electrons. The van der Waals surface area contributed by atoms with Crippen LogP contribution in [0.5, 0.6) is 0 Å². The summed E-state index contributed by atoms with van der Waals surface area (Å²) in [7, 11) is 0. The predicted molar refractivity (Wildman–Crippen MR) is 116 cm³/mol. The smallest absolute Gasteiger partial charge is 0.259 e. The Balaban J connectivity index is 1.71. The Hall–Kier alpha value is -4.07. The van der Waals surface area contributed by atoms with Crippen LogP contribution in [0.4, 0.5) is 11.5 Å². The molecule has 4 aromatic rings. The third kappa shape index (κ3) is 4.02. The maximum atomic E-state index is 12.5. The summed E-state index contributed by atoms with van der Waals surface area (Å²) in [6.07, 6.45) is 7.27. The fraction of sp³-hybridized carbons (Fsp3) is 0.136. The third-order valence-corrected chi connectivity index (χ3v) is 4.56. The minimum atomic E-state index is -0.242. The number of amides is 1. The number of H-pyrrole nitrogens is 1. The zero-order valence-electron chi connectivity index (χ0n) is 16.3. The van der Waals surface area contributed by atoms with Crippen molar-refractivity contribution in [1.29, 1.82) is 0 Å². The first-order valence-corrected chi connectivity index (χ1v) is 9.59. The van der Waals surface area contributed by atoms with Crippen LogP contribution in [0.2, 0.25) is 0 Å². The van der Waals surface area contributed by atoms with Crippen molar-refractivity contribution in [3.63, 3.8) is 0 Å². The lowest BCUT2D eigenvalue weighted by molar-refractivity contribution is 0.0953. The van der Waals surface area contributed by atoms with E-state index in [-0.39, 0.29) is 11.5 Å². The molecule has 0 bridgehead atoms. The van der Waals surface area contributed by atoms with Gasteiger partial charge in [-0.25, -0.2) is 15.0 Å². The summed E-state index contributed by atoms with van der Waals surface area (Å²) >= 11 is 0. The van der Waals surface area contributed by atoms with Crippen LogP contribution >= 0.6 is 0 Å². The van der Waals surface area contributed by atoms with Gasteiger partial charge in [0.05, 0.1) is 11.1 Å². The first kappa shape index (κ1) is 19.3. The maximum absolute atomic E-state index is 12.5. The zero-order valence-corrected chi connectivity index (χ0v) is 16.3. The molecule has 0 saturated carbocycles. The molecule has 30 heavy (non-hydrogen) atoms. The largest absolute Gasteiger partial charge is 0.352 e. The number of rotatable bonds is 6. The molecule has 150 valence electrons. The lowest BCUT2D eigenvalue weighted by Crippen LogP contribution is -2.23. The van der Waals surface area contributed by atoms with Gasteiger partial charge in [0.1, 0.15) is 12.1 Å². The molecule has 8 nitrogen and oxygen atoms in total. The monoisotopic (exact) mass is 400 g/mol. The molecule has 3 heterocycles. The summed E-state index contributed by atoms with van der Waals surface area (Å²) in [4.78, 5) is 40.0. The SMILES string of the molecule is CCCNC(=O)c1ccc(Nc2nc(-c3cncnc3)cc3cc[nH]c(=O)c23)cc1. The van der Waals surface area contributed by atoms with Crippen LogP contribution in [-0.4, -0.2) is 32.4 Å². The molecule has 4 rings (SSSR count). The van der Waals surface area contributed by atoms with E-state index in [0.29, 0.717) is 34.7 Å². The number of nitrogens with zero attached hydrogens (tertiary/aromatic N) is 3. The van der Waals surface area contributed by atoms with Crippen LogP contribution in [0.25, 0.3) is 22.0 Å². The number of fused-ring (bicyclic) bond motifs is 1. The number of carbonyl (C=O) groups is 1. The molecule has 3 aromatic heterocycles. The van der Waals surface area contributed by atoms with Gasteiger partial charge in [0.25, 0.3) is 11.5 Å². The van der Waals surface area contributed by atoms with Crippen LogP contribution in [-0.2, 0) is 0 Å². The van der Waals surface area contributed by atoms with Gasteiger partial charge in [-0.2, -0.15) is 0 Å². The Morgan fingerprint density at radius 2 is 1.87 bits per heavy atom. The quantitative estimate of drug-likeness (QED) is 0.458. The molecule has 0 aliphatic rings. The predicted octanol–water partition coefficient (Wildman–Crippen LogP) is 3.26. The van der Waals surface area contributed by atoms with Gasteiger partial charge in [0, 0.05) is 41.9 Å². The Kier molecular flexibility index (Phi) is 5.47. The number of aromatic nitrogens is 4. The number of hydrogen-bond donors (Lipinski definition) is 3. The van der Waals surface area contributed by atoms with E-state index in [9.17, 15) is 9.59 Å². The van der Waals surface area contributed by atoms with Crippen molar-refractivity contribution in [1.82, 2.24) is 25.3 Å². The Morgan fingerprint density at radius 1 is 1.10 bits per heavy atom. The molecule has 0 saturated heterocycles. The minimum absolute atomic E-state index is 0.116. The molecule has 0 fully saturated rings. The van der Waals surface area contributed by atoms with E-state index in [1.165, 1.54) is 6.33 Å². The van der Waals surface area contributed by atoms with E-state index >= 15 is 0 Å². The molecule has 1 aromatic carbocycles. The van der Waals surface area contributed by atoms with Gasteiger partial charge >= 0.3 is 0 Å². The second kappa shape index (κ2) is 8.52. The summed E-state index contributed by atoms with van der Waals surface area (Å²) in [6, 6.07) is 10.7. The number of anilines is 2. The van der Waals surface area contributed by atoms with Gasteiger partial charge in [-0.3, -0.25) is 9.59 Å². The maximum Gasteiger partial charge on any atom is 0.259 e. The first-order valence-electron chi connectivity index (χ1n) is 9.59. The number of carbonyl (C=O) groups excluding carboxylic acids is 1. The van der Waals surface area contributed by atoms with E-state index in [1.54, 1.807) is 42.9 Å². The highest BCUT2D eigenvalue weighted by Gasteiger charge is 2.12. The summed E-state index contributed by atoms with van der Waals surface area (Å²) in [5.41, 5.74) is 2.42. The van der Waals surface area contributed by atoms with E-state index < -0.39 is 0 Å². The normalized spacial score (nSPS) is 10.7. The molecule has 0 aliphatic heterocycles. The van der Waals surface area contributed by atoms with Crippen molar-refractivity contribution in [2.45, 2.75) is 13.3 Å². The molecule has 0 aliphatic carbocycles. The summed E-state index contributed by atoms with van der Waals surface area (Å²) in [6.45, 7) is 2.63. The number of hydrogen-bond acceptors (Lipinski definition) is 6. The fourth-order valence-electron chi connectivity index (χ4n) is 3.07. The van der Waals surface area contributed by atoms with Gasteiger partial charge in [-0.05, 0) is 48.2 Å². The minimum Gasteiger partial charge on any atom is -0.352 e. The third-order valence-electron chi connectivity index (χ3n) is 4.56. The molecule has 3 N–H and O–H groups in total. The second-order valence-electron chi connectivity index (χ2n) is 6.71. The highest BCUT2D eigenvalue weighted by Crippen LogP contribution is 2.27. The van der Waals surface area contributed by atoms with Crippen molar-refractivity contribution < 1.29 is 4.79 Å². The van der Waals surface area contributed by atoms with Crippen molar-refractivity contribution in [3.8, 4) is 11.3 Å². The lowest BCUT2D eigenvalue weighted by Gasteiger charge is -2.11. The van der Waals surface area contributed by atoms with Crippen LogP contribution in [0.1, 0.15) is 23.7 Å². The Morgan fingerprint density at radius 3 is 2.60 bits per heavy atom. The number of pyridine rings is 2. The zero-order chi connectivity index (χ0) is 20.9. The van der Waals surface area contributed by atoms with Crippen LogP contribution in [0, 0.1) is 0 Å². The number of nitrogens with one attached hydrogen (secondary N) is 3. The van der Waals surface area contributed by atoms with E-state index in [0.717, 1.165) is 17.4 Å². The topological polar surface area (TPSA) is 113 Å². The Bertz CT molecular complexity index is 1240. The summed E-state index contributed by atoms with van der Waals surface area (Å²) < 4.78 is 0. The molecule has 1 amide bonds. The lowest BCUT2D eigenvalue weighted by atomic mass is 10.1. The molecule has 0 unspecified atom stereocenters. The average Bonchev–Trinajstić information content (AvgIpc) is 2.78. The van der Waals surface area contributed by atoms with Gasteiger partial charge in [-0.1, -0.05) is 6.92 Å². The highest BCUT2D eigenvalue weighted by molar-refractivity contribution is 5.96. The van der Waals surface area contributed by atoms with Gasteiger partial charge in [0.2, 0.25) is 0 Å². The molecule has 0 spiro atoms. The van der Waals surface area contributed by atoms with Crippen molar-refractivity contribution in [3.05, 3.63) is 77.2 Å². The molecule has 0 atom stereocenters. The van der Waals surface area contributed by atoms with E-state index in [1.807, 2.05) is 19.1 Å². The van der Waals surface area contributed by atoms with Gasteiger partial charge in [-0.15, -0.1) is 0 Å². The first-order chi connectivity index (χ1) is 14.7. The number of benzene rings is 1. The van der Waals surface area contributed by atoms with E-state index in [4.69, 9.17) is 0 Å². The fourth-order valence-corrected chi connectivity index (χ4v) is 3.07. The molecular weight excluding hydrogens is 380 g/mol. The van der Waals surface area contributed by atoms with E-state index in [2.05, 4.69) is 30.6 Å². The number of aromatic amines is 1. The van der Waals surface area contributed by atoms with Gasteiger partial charge < -0.3 is 15.6 Å². The highest BCUT2D eigenvalue weighted by atomic mass is 16.1. The average molecular weight is 400 g/mol. The summed E-state index contributed by atoms with van der Waals surface area (Å²) in [5, 5.41) is 7.24. The van der Waals surface area contributed by atoms with Crippen LogP contribution in [0.15, 0.2) is 66.1 Å². The van der Waals surface area contributed by atoms with Crippen LogP contribution in [0.3, 0.4) is 0 Å². The summed E-state index contributed by atoms with van der Waals surface area (Å²) in [5.74, 6) is 0.297. The van der Waals surface area contributed by atoms with Crippen molar-refractivity contribution >= 4 is 28.2 Å².